The van der Waals surface area contributed by atoms with Crippen molar-refractivity contribution in [3.05, 3.63) is 54.1 Å². The van der Waals surface area contributed by atoms with Crippen molar-refractivity contribution in [1.29, 1.82) is 0 Å². The van der Waals surface area contributed by atoms with E-state index in [2.05, 4.69) is 4.98 Å². The van der Waals surface area contributed by atoms with Crippen molar-refractivity contribution in [2.75, 3.05) is 7.11 Å². The number of hydrogen-bond acceptors (Lipinski definition) is 4. The molecule has 1 unspecified atom stereocenters. The molecule has 0 aliphatic carbocycles. The van der Waals surface area contributed by atoms with Gasteiger partial charge >= 0.3 is 5.97 Å². The first kappa shape index (κ1) is 13.3. The molecule has 1 aromatic carbocycles. The Labute approximate surface area is 112 Å². The van der Waals surface area contributed by atoms with Gasteiger partial charge in [-0.25, -0.2) is 9.78 Å². The van der Waals surface area contributed by atoms with Crippen molar-refractivity contribution in [1.82, 2.24) is 9.55 Å². The van der Waals surface area contributed by atoms with Gasteiger partial charge in [0.05, 0.1) is 13.7 Å². The first-order valence-electron chi connectivity index (χ1n) is 5.98. The van der Waals surface area contributed by atoms with Crippen LogP contribution in [0.1, 0.15) is 11.4 Å². The first-order valence-corrected chi connectivity index (χ1v) is 5.98. The van der Waals surface area contributed by atoms with Gasteiger partial charge in [-0.2, -0.15) is 0 Å². The fraction of sp³-hybridized carbons (Fsp3) is 0.286. The van der Waals surface area contributed by atoms with E-state index >= 15 is 0 Å². The molecule has 0 fully saturated rings. The zero-order valence-electron chi connectivity index (χ0n) is 11.0. The molecule has 100 valence electrons. The second-order valence-electron chi connectivity index (χ2n) is 4.43. The molecular weight excluding hydrogens is 242 g/mol. The Hall–Kier alpha value is -2.14. The third-order valence-corrected chi connectivity index (χ3v) is 3.18. The average Bonchev–Trinajstić information content (AvgIpc) is 2.84. The molecule has 5 heteroatoms. The number of nitrogens with two attached hydrogens (primary N) is 1. The first-order chi connectivity index (χ1) is 9.08. The van der Waals surface area contributed by atoms with Crippen molar-refractivity contribution in [3.63, 3.8) is 0 Å². The SMILES string of the molecule is COC(=O)C(N)(Cn1ccnc1C)c1ccccc1. The molecule has 0 aliphatic rings. The van der Waals surface area contributed by atoms with E-state index < -0.39 is 11.5 Å². The van der Waals surface area contributed by atoms with E-state index in [0.29, 0.717) is 0 Å². The summed E-state index contributed by atoms with van der Waals surface area (Å²) in [6, 6.07) is 9.22. The number of carbonyl (C=O) groups excluding carboxylic acids is 1. The Morgan fingerprint density at radius 3 is 2.63 bits per heavy atom. The normalized spacial score (nSPS) is 13.8. The molecule has 2 rings (SSSR count). The molecule has 0 aliphatic heterocycles. The molecular formula is C14H17N3O2. The quantitative estimate of drug-likeness (QED) is 0.838. The lowest BCUT2D eigenvalue weighted by Crippen LogP contribution is -2.49. The van der Waals surface area contributed by atoms with Crippen molar-refractivity contribution in [3.8, 4) is 0 Å². The standard InChI is InChI=1S/C14H17N3O2/c1-11-16-8-9-17(11)10-14(15,13(18)19-2)12-6-4-3-5-7-12/h3-9H,10,15H2,1-2H3. The maximum atomic E-state index is 12.1. The van der Waals surface area contributed by atoms with Gasteiger partial charge in [-0.15, -0.1) is 0 Å². The molecule has 5 nitrogen and oxygen atoms in total. The lowest BCUT2D eigenvalue weighted by molar-refractivity contribution is -0.148. The van der Waals surface area contributed by atoms with Crippen LogP contribution < -0.4 is 5.73 Å². The molecule has 19 heavy (non-hydrogen) atoms. The fourth-order valence-electron chi connectivity index (χ4n) is 2.03. The largest absolute Gasteiger partial charge is 0.467 e. The molecule has 0 saturated carbocycles. The van der Waals surface area contributed by atoms with Crippen LogP contribution in [0.15, 0.2) is 42.7 Å². The second-order valence-corrected chi connectivity index (χ2v) is 4.43. The highest BCUT2D eigenvalue weighted by molar-refractivity contribution is 5.82. The van der Waals surface area contributed by atoms with Crippen LogP contribution >= 0.6 is 0 Å². The van der Waals surface area contributed by atoms with Gasteiger partial charge in [0.25, 0.3) is 0 Å². The maximum absolute atomic E-state index is 12.1. The van der Waals surface area contributed by atoms with E-state index in [9.17, 15) is 4.79 Å². The number of imidazole rings is 1. The van der Waals surface area contributed by atoms with Crippen LogP contribution in [0.3, 0.4) is 0 Å². The summed E-state index contributed by atoms with van der Waals surface area (Å²) in [4.78, 5) is 16.2. The monoisotopic (exact) mass is 259 g/mol. The van der Waals surface area contributed by atoms with Crippen LogP contribution in [0.4, 0.5) is 0 Å². The van der Waals surface area contributed by atoms with Gasteiger partial charge in [0.1, 0.15) is 5.82 Å². The Balaban J connectivity index is 2.41. The zero-order chi connectivity index (χ0) is 13.9. The highest BCUT2D eigenvalue weighted by Crippen LogP contribution is 2.22. The molecule has 1 atom stereocenters. The summed E-state index contributed by atoms with van der Waals surface area (Å²) < 4.78 is 6.70. The van der Waals surface area contributed by atoms with Crippen molar-refractivity contribution >= 4 is 5.97 Å². The van der Waals surface area contributed by atoms with E-state index in [1.54, 1.807) is 12.4 Å². The number of aromatic nitrogens is 2. The average molecular weight is 259 g/mol. The summed E-state index contributed by atoms with van der Waals surface area (Å²) in [6.45, 7) is 2.15. The zero-order valence-corrected chi connectivity index (χ0v) is 11.0. The number of nitrogens with zero attached hydrogens (tertiary/aromatic N) is 2. The Morgan fingerprint density at radius 1 is 1.42 bits per heavy atom. The molecule has 0 spiro atoms. The number of ether oxygens (including phenoxy) is 1. The minimum absolute atomic E-state index is 0.287. The third kappa shape index (κ3) is 2.51. The van der Waals surface area contributed by atoms with Gasteiger partial charge in [0.15, 0.2) is 5.54 Å². The number of rotatable bonds is 4. The maximum Gasteiger partial charge on any atom is 0.332 e. The minimum Gasteiger partial charge on any atom is -0.467 e. The molecule has 2 N–H and O–H groups in total. The van der Waals surface area contributed by atoms with Gasteiger partial charge < -0.3 is 15.0 Å². The van der Waals surface area contributed by atoms with Crippen molar-refractivity contribution in [2.24, 2.45) is 5.73 Å². The predicted molar refractivity (Wildman–Crippen MR) is 71.3 cm³/mol. The molecule has 0 saturated heterocycles. The Morgan fingerprint density at radius 2 is 2.11 bits per heavy atom. The van der Waals surface area contributed by atoms with Gasteiger partial charge in [0, 0.05) is 12.4 Å². The summed E-state index contributed by atoms with van der Waals surface area (Å²) in [6.07, 6.45) is 3.47. The number of aryl methyl sites for hydroxylation is 1. The van der Waals surface area contributed by atoms with Crippen LogP contribution in [-0.4, -0.2) is 22.6 Å². The molecule has 0 bridgehead atoms. The lowest BCUT2D eigenvalue weighted by atomic mass is 9.91. The smallest absolute Gasteiger partial charge is 0.332 e. The summed E-state index contributed by atoms with van der Waals surface area (Å²) >= 11 is 0. The number of hydrogen-bond donors (Lipinski definition) is 1. The van der Waals surface area contributed by atoms with E-state index in [-0.39, 0.29) is 6.54 Å². The van der Waals surface area contributed by atoms with E-state index in [1.165, 1.54) is 7.11 Å². The molecule has 2 aromatic rings. The van der Waals surface area contributed by atoms with Gasteiger partial charge in [-0.05, 0) is 12.5 Å². The van der Waals surface area contributed by atoms with E-state index in [4.69, 9.17) is 10.5 Å². The fourth-order valence-corrected chi connectivity index (χ4v) is 2.03. The number of carbonyl (C=O) groups is 1. The van der Waals surface area contributed by atoms with Crippen molar-refractivity contribution < 1.29 is 9.53 Å². The summed E-state index contributed by atoms with van der Waals surface area (Å²) in [5.74, 6) is 0.335. The summed E-state index contributed by atoms with van der Waals surface area (Å²) in [5, 5.41) is 0. The minimum atomic E-state index is -1.22. The number of methoxy groups -OCH3 is 1. The highest BCUT2D eigenvalue weighted by Gasteiger charge is 2.38. The number of esters is 1. The predicted octanol–water partition coefficient (Wildman–Crippen LogP) is 1.22. The van der Waals surface area contributed by atoms with E-state index in [0.717, 1.165) is 11.4 Å². The van der Waals surface area contributed by atoms with Crippen LogP contribution in [-0.2, 0) is 21.6 Å². The topological polar surface area (TPSA) is 70.1 Å². The lowest BCUT2D eigenvalue weighted by Gasteiger charge is -2.27. The molecule has 1 heterocycles. The highest BCUT2D eigenvalue weighted by atomic mass is 16.5. The Bertz CT molecular complexity index is 565. The third-order valence-electron chi connectivity index (χ3n) is 3.18. The Kier molecular flexibility index (Phi) is 3.66. The van der Waals surface area contributed by atoms with Gasteiger partial charge in [-0.3, -0.25) is 0 Å². The number of benzene rings is 1. The van der Waals surface area contributed by atoms with Crippen LogP contribution in [0.25, 0.3) is 0 Å². The molecule has 0 radical (unpaired) electrons. The van der Waals surface area contributed by atoms with E-state index in [1.807, 2.05) is 41.8 Å². The molecule has 1 aromatic heterocycles. The second kappa shape index (κ2) is 5.24. The molecule has 0 amide bonds. The van der Waals surface area contributed by atoms with Crippen LogP contribution in [0, 0.1) is 6.92 Å². The summed E-state index contributed by atoms with van der Waals surface area (Å²) in [7, 11) is 1.34. The van der Waals surface area contributed by atoms with Gasteiger partial charge in [0.2, 0.25) is 0 Å². The van der Waals surface area contributed by atoms with Crippen LogP contribution in [0.5, 0.6) is 0 Å². The summed E-state index contributed by atoms with van der Waals surface area (Å²) in [5.41, 5.74) is 5.81. The van der Waals surface area contributed by atoms with Gasteiger partial charge in [-0.1, -0.05) is 30.3 Å². The van der Waals surface area contributed by atoms with Crippen LogP contribution in [0.2, 0.25) is 0 Å². The van der Waals surface area contributed by atoms with Crippen molar-refractivity contribution in [2.45, 2.75) is 19.0 Å².